The topological polar surface area (TPSA) is 92.0 Å². The van der Waals surface area contributed by atoms with Gasteiger partial charge in [-0.3, -0.25) is 14.5 Å². The molecule has 1 saturated heterocycles. The standard InChI is InChI=1S/C20H26FN5O4/c1-14-17(23-30-22-14)12-19(27)26-9-8-24(2)18(13-26)20(28)25(3)10-11-29-16-6-4-15(21)5-7-16/h4-7,18H,8-13H2,1-3H3. The number of ether oxygens (including phenoxy) is 1. The van der Waals surface area contributed by atoms with Crippen molar-refractivity contribution in [2.45, 2.75) is 19.4 Å². The van der Waals surface area contributed by atoms with E-state index in [0.29, 0.717) is 43.3 Å². The Labute approximate surface area is 174 Å². The highest BCUT2D eigenvalue weighted by Gasteiger charge is 2.34. The molecule has 0 radical (unpaired) electrons. The number of aromatic nitrogens is 2. The van der Waals surface area contributed by atoms with Gasteiger partial charge in [0.25, 0.3) is 0 Å². The first-order valence-electron chi connectivity index (χ1n) is 9.74. The third kappa shape index (κ3) is 5.32. The van der Waals surface area contributed by atoms with Crippen LogP contribution in [0.5, 0.6) is 5.75 Å². The molecular formula is C20H26FN5O4. The van der Waals surface area contributed by atoms with Gasteiger partial charge in [0.2, 0.25) is 11.8 Å². The number of rotatable bonds is 7. The Bertz CT molecular complexity index is 872. The molecule has 0 spiro atoms. The Morgan fingerprint density at radius 1 is 1.27 bits per heavy atom. The van der Waals surface area contributed by atoms with Crippen molar-refractivity contribution < 1.29 is 23.3 Å². The van der Waals surface area contributed by atoms with Crippen LogP contribution in [0.4, 0.5) is 4.39 Å². The molecule has 1 fully saturated rings. The van der Waals surface area contributed by atoms with E-state index < -0.39 is 6.04 Å². The molecule has 1 aromatic heterocycles. The first-order chi connectivity index (χ1) is 14.3. The molecule has 0 aliphatic carbocycles. The van der Waals surface area contributed by atoms with Crippen molar-refractivity contribution >= 4 is 11.8 Å². The van der Waals surface area contributed by atoms with Crippen LogP contribution in [0.25, 0.3) is 0 Å². The highest BCUT2D eigenvalue weighted by Crippen LogP contribution is 2.14. The molecule has 2 aromatic rings. The normalized spacial score (nSPS) is 17.1. The maximum atomic E-state index is 12.9. The number of nitrogens with zero attached hydrogens (tertiary/aromatic N) is 5. The van der Waals surface area contributed by atoms with Crippen molar-refractivity contribution in [1.29, 1.82) is 0 Å². The van der Waals surface area contributed by atoms with E-state index in [4.69, 9.17) is 4.74 Å². The van der Waals surface area contributed by atoms with E-state index >= 15 is 0 Å². The first-order valence-corrected chi connectivity index (χ1v) is 9.74. The lowest BCUT2D eigenvalue weighted by atomic mass is 10.1. The minimum Gasteiger partial charge on any atom is -0.492 e. The summed E-state index contributed by atoms with van der Waals surface area (Å²) in [6.07, 6.45) is 0.0985. The van der Waals surface area contributed by atoms with Gasteiger partial charge < -0.3 is 14.5 Å². The van der Waals surface area contributed by atoms with E-state index in [1.54, 1.807) is 35.9 Å². The lowest BCUT2D eigenvalue weighted by Crippen LogP contribution is -2.59. The summed E-state index contributed by atoms with van der Waals surface area (Å²) >= 11 is 0. The molecule has 0 saturated carbocycles. The second-order valence-electron chi connectivity index (χ2n) is 7.37. The van der Waals surface area contributed by atoms with E-state index in [0.717, 1.165) is 0 Å². The molecule has 1 unspecified atom stereocenters. The fraction of sp³-hybridized carbons (Fsp3) is 0.500. The van der Waals surface area contributed by atoms with Gasteiger partial charge in [-0.25, -0.2) is 9.02 Å². The van der Waals surface area contributed by atoms with Crippen LogP contribution in [0, 0.1) is 12.7 Å². The fourth-order valence-electron chi connectivity index (χ4n) is 3.23. The molecule has 2 heterocycles. The second-order valence-corrected chi connectivity index (χ2v) is 7.37. The Morgan fingerprint density at radius 2 is 2.00 bits per heavy atom. The van der Waals surface area contributed by atoms with Gasteiger partial charge in [0.05, 0.1) is 13.0 Å². The molecule has 10 heteroatoms. The Morgan fingerprint density at radius 3 is 2.67 bits per heavy atom. The number of carbonyl (C=O) groups is 2. The van der Waals surface area contributed by atoms with E-state index in [1.807, 2.05) is 11.9 Å². The zero-order valence-electron chi connectivity index (χ0n) is 17.4. The summed E-state index contributed by atoms with van der Waals surface area (Å²) in [6, 6.07) is 5.30. The minimum atomic E-state index is -0.435. The van der Waals surface area contributed by atoms with Gasteiger partial charge in [-0.05, 0) is 38.2 Å². The molecule has 9 nitrogen and oxygen atoms in total. The van der Waals surface area contributed by atoms with Gasteiger partial charge in [-0.2, -0.15) is 0 Å². The smallest absolute Gasteiger partial charge is 0.241 e. The van der Waals surface area contributed by atoms with Crippen molar-refractivity contribution in [3.63, 3.8) is 0 Å². The molecular weight excluding hydrogens is 393 g/mol. The zero-order chi connectivity index (χ0) is 21.7. The number of amides is 2. The molecule has 162 valence electrons. The SMILES string of the molecule is Cc1nonc1CC(=O)N1CCN(C)C(C(=O)N(C)CCOc2ccc(F)cc2)C1. The average molecular weight is 419 g/mol. The van der Waals surface area contributed by atoms with E-state index in [1.165, 1.54) is 12.1 Å². The van der Waals surface area contributed by atoms with Crippen LogP contribution in [0.2, 0.25) is 0 Å². The molecule has 0 N–H and O–H groups in total. The second kappa shape index (κ2) is 9.66. The number of carbonyl (C=O) groups excluding carboxylic acids is 2. The zero-order valence-corrected chi connectivity index (χ0v) is 17.4. The lowest BCUT2D eigenvalue weighted by molar-refractivity contribution is -0.142. The molecule has 0 bridgehead atoms. The van der Waals surface area contributed by atoms with Gasteiger partial charge in [0.1, 0.15) is 35.6 Å². The summed E-state index contributed by atoms with van der Waals surface area (Å²) in [7, 11) is 3.58. The minimum absolute atomic E-state index is 0.0861. The summed E-state index contributed by atoms with van der Waals surface area (Å²) in [5, 5.41) is 7.45. The van der Waals surface area contributed by atoms with E-state index in [-0.39, 0.29) is 30.7 Å². The van der Waals surface area contributed by atoms with Crippen LogP contribution in [-0.2, 0) is 16.0 Å². The van der Waals surface area contributed by atoms with E-state index in [2.05, 4.69) is 14.9 Å². The van der Waals surface area contributed by atoms with Crippen molar-refractivity contribution in [3.8, 4) is 5.75 Å². The lowest BCUT2D eigenvalue weighted by Gasteiger charge is -2.40. The third-order valence-corrected chi connectivity index (χ3v) is 5.24. The van der Waals surface area contributed by atoms with Crippen LogP contribution in [0.15, 0.2) is 28.9 Å². The van der Waals surface area contributed by atoms with Crippen molar-refractivity contribution in [3.05, 3.63) is 41.5 Å². The molecule has 1 aliphatic heterocycles. The molecule has 1 aliphatic rings. The van der Waals surface area contributed by atoms with Gasteiger partial charge in [-0.15, -0.1) is 0 Å². The van der Waals surface area contributed by atoms with Crippen LogP contribution in [0.3, 0.4) is 0 Å². The Kier molecular flexibility index (Phi) is 6.99. The molecule has 1 atom stereocenters. The molecule has 3 rings (SSSR count). The molecule has 1 aromatic carbocycles. The summed E-state index contributed by atoms with van der Waals surface area (Å²) in [5.74, 6) is 0.0180. The van der Waals surface area contributed by atoms with Crippen molar-refractivity contribution in [2.24, 2.45) is 0 Å². The van der Waals surface area contributed by atoms with Crippen molar-refractivity contribution in [2.75, 3.05) is 46.9 Å². The van der Waals surface area contributed by atoms with Crippen LogP contribution in [0.1, 0.15) is 11.4 Å². The monoisotopic (exact) mass is 419 g/mol. The van der Waals surface area contributed by atoms with Crippen LogP contribution in [-0.4, -0.2) is 89.8 Å². The number of likely N-dealkylation sites (N-methyl/N-ethyl adjacent to an activating group) is 2. The van der Waals surface area contributed by atoms with Gasteiger partial charge in [0.15, 0.2) is 0 Å². The predicted molar refractivity (Wildman–Crippen MR) is 105 cm³/mol. The summed E-state index contributed by atoms with van der Waals surface area (Å²) < 4.78 is 23.2. The number of piperazine rings is 1. The Hall–Kier alpha value is -3.01. The summed E-state index contributed by atoms with van der Waals surface area (Å²) in [6.45, 7) is 3.84. The predicted octanol–water partition coefficient (Wildman–Crippen LogP) is 0.740. The average Bonchev–Trinajstić information content (AvgIpc) is 3.13. The molecule has 30 heavy (non-hydrogen) atoms. The highest BCUT2D eigenvalue weighted by molar-refractivity contribution is 5.84. The van der Waals surface area contributed by atoms with Crippen LogP contribution >= 0.6 is 0 Å². The quantitative estimate of drug-likeness (QED) is 0.654. The molecule has 2 amide bonds. The van der Waals surface area contributed by atoms with Crippen molar-refractivity contribution in [1.82, 2.24) is 25.0 Å². The van der Waals surface area contributed by atoms with Gasteiger partial charge >= 0.3 is 0 Å². The number of hydrogen-bond acceptors (Lipinski definition) is 7. The van der Waals surface area contributed by atoms with Gasteiger partial charge in [-0.1, -0.05) is 10.3 Å². The first kappa shape index (κ1) is 21.7. The van der Waals surface area contributed by atoms with Crippen LogP contribution < -0.4 is 4.74 Å². The number of hydrogen-bond donors (Lipinski definition) is 0. The summed E-state index contributed by atoms with van der Waals surface area (Å²) in [5.41, 5.74) is 1.10. The number of benzene rings is 1. The summed E-state index contributed by atoms with van der Waals surface area (Å²) in [4.78, 5) is 30.8. The number of halogens is 1. The fourth-order valence-corrected chi connectivity index (χ4v) is 3.23. The number of aryl methyl sites for hydroxylation is 1. The third-order valence-electron chi connectivity index (χ3n) is 5.24. The van der Waals surface area contributed by atoms with E-state index in [9.17, 15) is 14.0 Å². The highest BCUT2D eigenvalue weighted by atomic mass is 19.1. The maximum absolute atomic E-state index is 12.9. The Balaban J connectivity index is 1.52. The van der Waals surface area contributed by atoms with Gasteiger partial charge in [0, 0.05) is 26.7 Å². The largest absolute Gasteiger partial charge is 0.492 e. The maximum Gasteiger partial charge on any atom is 0.241 e.